The summed E-state index contributed by atoms with van der Waals surface area (Å²) in [4.78, 5) is 49.2. The number of nitrogens with zero attached hydrogens (tertiary/aromatic N) is 1. The summed E-state index contributed by atoms with van der Waals surface area (Å²) >= 11 is 0. The predicted octanol–water partition coefficient (Wildman–Crippen LogP) is 0.0705. The smallest absolute Gasteiger partial charge is 0.325 e. The molecule has 0 spiro atoms. The van der Waals surface area contributed by atoms with E-state index in [0.717, 1.165) is 4.90 Å². The molecular formula is C17H20N4O6. The van der Waals surface area contributed by atoms with Gasteiger partial charge < -0.3 is 20.1 Å². The quantitative estimate of drug-likeness (QED) is 0.639. The second kappa shape index (κ2) is 7.14. The second-order valence-corrected chi connectivity index (χ2v) is 6.21. The molecule has 0 saturated carbocycles. The number of imide groups is 2. The molecule has 27 heavy (non-hydrogen) atoms. The molecule has 0 unspecified atom stereocenters. The van der Waals surface area contributed by atoms with Crippen molar-refractivity contribution in [2.75, 3.05) is 26.3 Å². The van der Waals surface area contributed by atoms with E-state index in [1.807, 2.05) is 0 Å². The van der Waals surface area contributed by atoms with E-state index in [9.17, 15) is 19.2 Å². The molecule has 1 aromatic rings. The van der Waals surface area contributed by atoms with Crippen molar-refractivity contribution in [1.82, 2.24) is 20.9 Å². The number of nitrogens with one attached hydrogen (secondary N) is 3. The van der Waals surface area contributed by atoms with Crippen molar-refractivity contribution in [3.05, 3.63) is 23.8 Å². The van der Waals surface area contributed by atoms with Crippen LogP contribution in [0.2, 0.25) is 0 Å². The molecule has 1 saturated heterocycles. The first-order valence-electron chi connectivity index (χ1n) is 8.47. The number of rotatable bonds is 4. The highest BCUT2D eigenvalue weighted by molar-refractivity contribution is 6.10. The summed E-state index contributed by atoms with van der Waals surface area (Å²) in [5, 5.41) is 7.05. The SMILES string of the molecule is CCNC(=O)NC(=O)CN1C(=O)N[C@@](C)(c2ccc3c(c2)OCCO3)C1=O. The molecule has 1 fully saturated rings. The van der Waals surface area contributed by atoms with Crippen LogP contribution in [0.1, 0.15) is 19.4 Å². The van der Waals surface area contributed by atoms with Crippen molar-refractivity contribution in [2.45, 2.75) is 19.4 Å². The third kappa shape index (κ3) is 3.50. The Morgan fingerprint density at radius 1 is 1.22 bits per heavy atom. The minimum Gasteiger partial charge on any atom is -0.486 e. The normalized spacial score (nSPS) is 20.9. The number of hydrogen-bond acceptors (Lipinski definition) is 6. The Bertz CT molecular complexity index is 811. The Kier molecular flexibility index (Phi) is 4.89. The molecule has 6 amide bonds. The third-order valence-corrected chi connectivity index (χ3v) is 4.29. The highest BCUT2D eigenvalue weighted by atomic mass is 16.6. The molecule has 2 aliphatic rings. The van der Waals surface area contributed by atoms with Crippen LogP contribution in [0.3, 0.4) is 0 Å². The van der Waals surface area contributed by atoms with Gasteiger partial charge >= 0.3 is 12.1 Å². The average Bonchev–Trinajstić information content (AvgIpc) is 2.85. The van der Waals surface area contributed by atoms with Crippen molar-refractivity contribution in [3.8, 4) is 11.5 Å². The van der Waals surface area contributed by atoms with Gasteiger partial charge in [0.05, 0.1) is 0 Å². The minimum atomic E-state index is -1.36. The molecule has 0 radical (unpaired) electrons. The highest BCUT2D eigenvalue weighted by Gasteiger charge is 2.49. The molecule has 10 heteroatoms. The second-order valence-electron chi connectivity index (χ2n) is 6.21. The summed E-state index contributed by atoms with van der Waals surface area (Å²) in [5.74, 6) is -0.330. The number of hydrogen-bond donors (Lipinski definition) is 3. The predicted molar refractivity (Wildman–Crippen MR) is 92.2 cm³/mol. The van der Waals surface area contributed by atoms with Crippen molar-refractivity contribution in [2.24, 2.45) is 0 Å². The molecule has 2 heterocycles. The Hall–Kier alpha value is -3.30. The van der Waals surface area contributed by atoms with Crippen molar-refractivity contribution in [1.29, 1.82) is 0 Å². The lowest BCUT2D eigenvalue weighted by Gasteiger charge is -2.25. The van der Waals surface area contributed by atoms with Crippen LogP contribution in [-0.4, -0.2) is 55.1 Å². The molecule has 1 aromatic carbocycles. The van der Waals surface area contributed by atoms with E-state index in [0.29, 0.717) is 36.8 Å². The van der Waals surface area contributed by atoms with Gasteiger partial charge in [-0.2, -0.15) is 0 Å². The molecule has 2 aliphatic heterocycles. The van der Waals surface area contributed by atoms with E-state index < -0.39 is 36.0 Å². The molecular weight excluding hydrogens is 356 g/mol. The molecule has 1 atom stereocenters. The topological polar surface area (TPSA) is 126 Å². The highest BCUT2D eigenvalue weighted by Crippen LogP contribution is 2.36. The average molecular weight is 376 g/mol. The van der Waals surface area contributed by atoms with Gasteiger partial charge in [0, 0.05) is 6.54 Å². The van der Waals surface area contributed by atoms with E-state index in [1.165, 1.54) is 0 Å². The summed E-state index contributed by atoms with van der Waals surface area (Å²) in [6, 6.07) is 3.54. The summed E-state index contributed by atoms with van der Waals surface area (Å²) in [6.07, 6.45) is 0. The van der Waals surface area contributed by atoms with Crippen molar-refractivity contribution in [3.63, 3.8) is 0 Å². The van der Waals surface area contributed by atoms with Gasteiger partial charge in [0.15, 0.2) is 11.5 Å². The van der Waals surface area contributed by atoms with Crippen molar-refractivity contribution < 1.29 is 28.7 Å². The number of urea groups is 2. The van der Waals surface area contributed by atoms with E-state index in [-0.39, 0.29) is 0 Å². The number of amides is 6. The van der Waals surface area contributed by atoms with Gasteiger partial charge in [0.25, 0.3) is 5.91 Å². The molecule has 144 valence electrons. The zero-order valence-corrected chi connectivity index (χ0v) is 15.0. The Balaban J connectivity index is 1.76. The van der Waals surface area contributed by atoms with Gasteiger partial charge in [-0.05, 0) is 31.5 Å². The Morgan fingerprint density at radius 2 is 1.93 bits per heavy atom. The maximum absolute atomic E-state index is 12.8. The fourth-order valence-corrected chi connectivity index (χ4v) is 2.91. The Morgan fingerprint density at radius 3 is 2.63 bits per heavy atom. The fourth-order valence-electron chi connectivity index (χ4n) is 2.91. The van der Waals surface area contributed by atoms with E-state index in [2.05, 4.69) is 16.0 Å². The maximum atomic E-state index is 12.8. The van der Waals surface area contributed by atoms with Gasteiger partial charge in [-0.15, -0.1) is 0 Å². The number of fused-ring (bicyclic) bond motifs is 1. The van der Waals surface area contributed by atoms with E-state index >= 15 is 0 Å². The van der Waals surface area contributed by atoms with Crippen LogP contribution >= 0.6 is 0 Å². The molecule has 3 rings (SSSR count). The van der Waals surface area contributed by atoms with Gasteiger partial charge in [-0.25, -0.2) is 9.59 Å². The van der Waals surface area contributed by atoms with Crippen LogP contribution < -0.4 is 25.4 Å². The maximum Gasteiger partial charge on any atom is 0.325 e. The third-order valence-electron chi connectivity index (χ3n) is 4.29. The van der Waals surface area contributed by atoms with E-state index in [1.54, 1.807) is 32.0 Å². The molecule has 0 bridgehead atoms. The lowest BCUT2D eigenvalue weighted by atomic mass is 9.91. The van der Waals surface area contributed by atoms with Crippen LogP contribution in [0.5, 0.6) is 11.5 Å². The number of ether oxygens (including phenoxy) is 2. The fraction of sp³-hybridized carbons (Fsp3) is 0.412. The summed E-state index contributed by atoms with van der Waals surface area (Å²) in [5.41, 5.74) is -0.865. The standard InChI is InChI=1S/C17H20N4O6/c1-3-18-15(24)19-13(22)9-21-14(23)17(2,20-16(21)25)10-4-5-11-12(8-10)27-7-6-26-11/h4-5,8H,3,6-7,9H2,1-2H3,(H,20,25)(H2,18,19,22,24)/t17-/m0/s1. The lowest BCUT2D eigenvalue weighted by Crippen LogP contribution is -2.46. The van der Waals surface area contributed by atoms with Gasteiger partial charge in [0.2, 0.25) is 5.91 Å². The lowest BCUT2D eigenvalue weighted by molar-refractivity contribution is -0.134. The van der Waals surface area contributed by atoms with Crippen molar-refractivity contribution >= 4 is 23.9 Å². The number of carbonyl (C=O) groups is 4. The van der Waals surface area contributed by atoms with Crippen LogP contribution in [0.25, 0.3) is 0 Å². The Labute approximate surface area is 155 Å². The van der Waals surface area contributed by atoms with Gasteiger partial charge in [-0.1, -0.05) is 6.07 Å². The van der Waals surface area contributed by atoms with Crippen LogP contribution in [0.4, 0.5) is 9.59 Å². The number of carbonyl (C=O) groups excluding carboxylic acids is 4. The summed E-state index contributed by atoms with van der Waals surface area (Å²) < 4.78 is 11.0. The summed E-state index contributed by atoms with van der Waals surface area (Å²) in [6.45, 7) is 3.83. The largest absolute Gasteiger partial charge is 0.486 e. The molecule has 0 aromatic heterocycles. The minimum absolute atomic E-state index is 0.338. The first-order chi connectivity index (χ1) is 12.8. The zero-order valence-electron chi connectivity index (χ0n) is 15.0. The first kappa shape index (κ1) is 18.5. The first-order valence-corrected chi connectivity index (χ1v) is 8.47. The van der Waals surface area contributed by atoms with Gasteiger partial charge in [0.1, 0.15) is 25.3 Å². The van der Waals surface area contributed by atoms with Crippen LogP contribution in [0, 0.1) is 0 Å². The van der Waals surface area contributed by atoms with E-state index in [4.69, 9.17) is 9.47 Å². The van der Waals surface area contributed by atoms with Crippen LogP contribution in [0.15, 0.2) is 18.2 Å². The molecule has 0 aliphatic carbocycles. The zero-order chi connectivity index (χ0) is 19.6. The van der Waals surface area contributed by atoms with Crippen LogP contribution in [-0.2, 0) is 15.1 Å². The monoisotopic (exact) mass is 376 g/mol. The number of benzene rings is 1. The van der Waals surface area contributed by atoms with Gasteiger partial charge in [-0.3, -0.25) is 19.8 Å². The molecule has 10 nitrogen and oxygen atoms in total. The summed E-state index contributed by atoms with van der Waals surface area (Å²) in [7, 11) is 0. The molecule has 3 N–H and O–H groups in total.